The van der Waals surface area contributed by atoms with Crippen LogP contribution >= 0.6 is 12.4 Å². The average molecular weight is 377 g/mol. The van der Waals surface area contributed by atoms with Crippen LogP contribution in [0.3, 0.4) is 0 Å². The monoisotopic (exact) mass is 376 g/mol. The Morgan fingerprint density at radius 2 is 2.00 bits per heavy atom. The van der Waals surface area contributed by atoms with Crippen molar-refractivity contribution in [1.82, 2.24) is 9.97 Å². The lowest BCUT2D eigenvalue weighted by Crippen LogP contribution is -2.51. The van der Waals surface area contributed by atoms with Crippen molar-refractivity contribution < 1.29 is 4.79 Å². The number of nitrogens with zero attached hydrogens (tertiary/aromatic N) is 1. The Kier molecular flexibility index (Phi) is 6.21. The van der Waals surface area contributed by atoms with Gasteiger partial charge in [0.2, 0.25) is 5.91 Å². The highest BCUT2D eigenvalue weighted by atomic mass is 35.5. The zero-order chi connectivity index (χ0) is 18.0. The summed E-state index contributed by atoms with van der Waals surface area (Å²) in [6, 6.07) is 8.73. The molecule has 1 saturated carbocycles. The van der Waals surface area contributed by atoms with Crippen LogP contribution in [0.4, 0.5) is 5.69 Å². The van der Waals surface area contributed by atoms with E-state index in [9.17, 15) is 9.59 Å². The molecule has 0 aliphatic heterocycles. The van der Waals surface area contributed by atoms with Crippen LogP contribution in [0.15, 0.2) is 35.1 Å². The topological polar surface area (TPSA) is 101 Å². The second kappa shape index (κ2) is 8.01. The second-order valence-electron chi connectivity index (χ2n) is 7.11. The SMILES string of the molecule is Cc1cc(=O)[nH]c(-c2ccc(NC(=O)C3CCCCC3(C)N)cc2)n1.Cl. The number of H-pyrrole nitrogens is 1. The first-order valence-electron chi connectivity index (χ1n) is 8.63. The predicted octanol–water partition coefficient (Wildman–Crippen LogP) is 3.01. The number of anilines is 1. The summed E-state index contributed by atoms with van der Waals surface area (Å²) in [6.07, 6.45) is 3.81. The Bertz CT molecular complexity index is 830. The maximum absolute atomic E-state index is 12.6. The number of hydrogen-bond donors (Lipinski definition) is 3. The Balaban J connectivity index is 0.00000243. The second-order valence-corrected chi connectivity index (χ2v) is 7.11. The van der Waals surface area contributed by atoms with Gasteiger partial charge >= 0.3 is 0 Å². The molecule has 0 spiro atoms. The van der Waals surface area contributed by atoms with Crippen LogP contribution in [0.1, 0.15) is 38.3 Å². The van der Waals surface area contributed by atoms with E-state index in [-0.39, 0.29) is 29.8 Å². The Hall–Kier alpha value is -2.18. The zero-order valence-electron chi connectivity index (χ0n) is 15.0. The minimum absolute atomic E-state index is 0. The standard InChI is InChI=1S/C19H24N4O2.ClH/c1-12-11-16(24)23-17(21-12)13-6-8-14(9-7-13)22-18(25)15-5-3-4-10-19(15,2)20;/h6-9,11,15H,3-5,10,20H2,1-2H3,(H,22,25)(H,21,23,24);1H. The summed E-state index contributed by atoms with van der Waals surface area (Å²) in [5.41, 5.74) is 7.84. The summed E-state index contributed by atoms with van der Waals surface area (Å²) < 4.78 is 0. The van der Waals surface area contributed by atoms with Gasteiger partial charge in [0.15, 0.2) is 0 Å². The quantitative estimate of drug-likeness (QED) is 0.766. The van der Waals surface area contributed by atoms with E-state index in [0.717, 1.165) is 31.2 Å². The lowest BCUT2D eigenvalue weighted by molar-refractivity contribution is -0.122. The maximum atomic E-state index is 12.6. The number of rotatable bonds is 3. The maximum Gasteiger partial charge on any atom is 0.251 e. The molecule has 0 saturated heterocycles. The molecule has 1 heterocycles. The van der Waals surface area contributed by atoms with E-state index in [4.69, 9.17) is 5.73 Å². The molecule has 7 heteroatoms. The normalized spacial score (nSPS) is 22.3. The number of carbonyl (C=O) groups excluding carboxylic acids is 1. The Morgan fingerprint density at radius 1 is 1.31 bits per heavy atom. The molecule has 2 unspecified atom stereocenters. The average Bonchev–Trinajstić information content (AvgIpc) is 2.54. The number of amides is 1. The van der Waals surface area contributed by atoms with Gasteiger partial charge in [0.1, 0.15) is 5.82 Å². The van der Waals surface area contributed by atoms with Crippen LogP contribution in [0.2, 0.25) is 0 Å². The van der Waals surface area contributed by atoms with Gasteiger partial charge in [-0.3, -0.25) is 9.59 Å². The number of benzene rings is 1. The number of nitrogens with two attached hydrogens (primary N) is 1. The highest BCUT2D eigenvalue weighted by molar-refractivity contribution is 5.93. The van der Waals surface area contributed by atoms with Gasteiger partial charge in [-0.1, -0.05) is 12.8 Å². The molecule has 1 fully saturated rings. The van der Waals surface area contributed by atoms with Crippen LogP contribution in [0.25, 0.3) is 11.4 Å². The molecule has 140 valence electrons. The summed E-state index contributed by atoms with van der Waals surface area (Å²) >= 11 is 0. The molecule has 2 atom stereocenters. The molecule has 6 nitrogen and oxygen atoms in total. The molecule has 2 aromatic rings. The lowest BCUT2D eigenvalue weighted by Gasteiger charge is -2.37. The fourth-order valence-corrected chi connectivity index (χ4v) is 3.45. The van der Waals surface area contributed by atoms with Crippen molar-refractivity contribution in [2.24, 2.45) is 11.7 Å². The van der Waals surface area contributed by atoms with E-state index in [1.54, 1.807) is 6.92 Å². The lowest BCUT2D eigenvalue weighted by atomic mass is 9.74. The molecule has 4 N–H and O–H groups in total. The number of nitrogens with one attached hydrogen (secondary N) is 2. The van der Waals surface area contributed by atoms with Gasteiger partial charge in [0.05, 0.1) is 5.92 Å². The van der Waals surface area contributed by atoms with Crippen LogP contribution in [-0.2, 0) is 4.79 Å². The van der Waals surface area contributed by atoms with Gasteiger partial charge in [0, 0.05) is 28.6 Å². The van der Waals surface area contributed by atoms with Crippen molar-refractivity contribution >= 4 is 24.0 Å². The van der Waals surface area contributed by atoms with E-state index in [2.05, 4.69) is 15.3 Å². The van der Waals surface area contributed by atoms with Crippen LogP contribution in [0, 0.1) is 12.8 Å². The first-order valence-corrected chi connectivity index (χ1v) is 8.63. The van der Waals surface area contributed by atoms with Gasteiger partial charge in [-0.25, -0.2) is 4.98 Å². The fourth-order valence-electron chi connectivity index (χ4n) is 3.45. The van der Waals surface area contributed by atoms with Crippen molar-refractivity contribution in [3.63, 3.8) is 0 Å². The number of aryl methyl sites for hydroxylation is 1. The van der Waals surface area contributed by atoms with E-state index in [1.165, 1.54) is 6.07 Å². The smallest absolute Gasteiger partial charge is 0.251 e. The Labute approximate surface area is 159 Å². The van der Waals surface area contributed by atoms with Crippen molar-refractivity contribution in [3.8, 4) is 11.4 Å². The van der Waals surface area contributed by atoms with Gasteiger partial charge in [-0.15, -0.1) is 12.4 Å². The summed E-state index contributed by atoms with van der Waals surface area (Å²) in [5.74, 6) is 0.319. The van der Waals surface area contributed by atoms with Crippen LogP contribution in [-0.4, -0.2) is 21.4 Å². The van der Waals surface area contributed by atoms with Gasteiger partial charge in [-0.05, 0) is 51.0 Å². The molecule has 3 rings (SSSR count). The van der Waals surface area contributed by atoms with E-state index in [1.807, 2.05) is 31.2 Å². The molecule has 1 aromatic carbocycles. The minimum atomic E-state index is -0.451. The van der Waals surface area contributed by atoms with Crippen LogP contribution < -0.4 is 16.6 Å². The third-order valence-electron chi connectivity index (χ3n) is 4.87. The van der Waals surface area contributed by atoms with Crippen molar-refractivity contribution in [2.75, 3.05) is 5.32 Å². The minimum Gasteiger partial charge on any atom is -0.326 e. The molecular formula is C19H25ClN4O2. The largest absolute Gasteiger partial charge is 0.326 e. The molecule has 1 amide bonds. The molecular weight excluding hydrogens is 352 g/mol. The number of aromatic nitrogens is 2. The predicted molar refractivity (Wildman–Crippen MR) is 105 cm³/mol. The van der Waals surface area contributed by atoms with Gasteiger partial charge in [-0.2, -0.15) is 0 Å². The van der Waals surface area contributed by atoms with Crippen molar-refractivity contribution in [2.45, 2.75) is 45.1 Å². The fraction of sp³-hybridized carbons (Fsp3) is 0.421. The first kappa shape index (κ1) is 20.1. The van der Waals surface area contributed by atoms with E-state index >= 15 is 0 Å². The third-order valence-corrected chi connectivity index (χ3v) is 4.87. The molecule has 0 bridgehead atoms. The van der Waals surface area contributed by atoms with Crippen molar-refractivity contribution in [3.05, 3.63) is 46.4 Å². The third kappa shape index (κ3) is 4.51. The molecule has 26 heavy (non-hydrogen) atoms. The van der Waals surface area contributed by atoms with Crippen LogP contribution in [0.5, 0.6) is 0 Å². The van der Waals surface area contributed by atoms with E-state index < -0.39 is 5.54 Å². The molecule has 1 aromatic heterocycles. The van der Waals surface area contributed by atoms with E-state index in [0.29, 0.717) is 17.2 Å². The summed E-state index contributed by atoms with van der Waals surface area (Å²) in [4.78, 5) is 31.2. The zero-order valence-corrected chi connectivity index (χ0v) is 15.9. The number of carbonyl (C=O) groups is 1. The first-order chi connectivity index (χ1) is 11.8. The highest BCUT2D eigenvalue weighted by Crippen LogP contribution is 2.32. The molecule has 0 radical (unpaired) electrons. The number of aromatic amines is 1. The summed E-state index contributed by atoms with van der Waals surface area (Å²) in [6.45, 7) is 3.74. The highest BCUT2D eigenvalue weighted by Gasteiger charge is 2.37. The Morgan fingerprint density at radius 3 is 2.62 bits per heavy atom. The number of halogens is 1. The van der Waals surface area contributed by atoms with Crippen molar-refractivity contribution in [1.29, 1.82) is 0 Å². The summed E-state index contributed by atoms with van der Waals surface area (Å²) in [7, 11) is 0. The molecule has 1 aliphatic rings. The molecule has 1 aliphatic carbocycles. The van der Waals surface area contributed by atoms with Gasteiger partial charge < -0.3 is 16.0 Å². The summed E-state index contributed by atoms with van der Waals surface area (Å²) in [5, 5.41) is 2.96. The number of hydrogen-bond acceptors (Lipinski definition) is 4. The van der Waals surface area contributed by atoms with Gasteiger partial charge in [0.25, 0.3) is 5.56 Å².